The van der Waals surface area contributed by atoms with Gasteiger partial charge >= 0.3 is 0 Å². The number of aromatic amines is 1. The van der Waals surface area contributed by atoms with E-state index in [0.717, 1.165) is 30.2 Å². The van der Waals surface area contributed by atoms with E-state index in [9.17, 15) is 0 Å². The topological polar surface area (TPSA) is 55.5 Å². The molecule has 0 amide bonds. The quantitative estimate of drug-likeness (QED) is 0.416. The van der Waals surface area contributed by atoms with Crippen molar-refractivity contribution in [1.82, 2.24) is 4.98 Å². The number of ether oxygens (including phenoxy) is 3. The molecule has 2 aromatic carbocycles. The molecule has 1 heterocycles. The molecule has 0 spiro atoms. The van der Waals surface area contributed by atoms with Crippen LogP contribution < -0.4 is 14.8 Å². The summed E-state index contributed by atoms with van der Waals surface area (Å²) in [6.45, 7) is 1.31. The van der Waals surface area contributed by atoms with E-state index >= 15 is 0 Å². The molecule has 0 aliphatic heterocycles. The van der Waals surface area contributed by atoms with E-state index in [-0.39, 0.29) is 0 Å². The number of methoxy groups -OCH3 is 2. The third-order valence-electron chi connectivity index (χ3n) is 6.02. The predicted octanol–water partition coefficient (Wildman–Crippen LogP) is 5.42. The van der Waals surface area contributed by atoms with E-state index in [1.165, 1.54) is 35.7 Å². The molecule has 0 saturated heterocycles. The van der Waals surface area contributed by atoms with Gasteiger partial charge in [-0.25, -0.2) is 0 Å². The van der Waals surface area contributed by atoms with Crippen LogP contribution in [0.5, 0.6) is 11.5 Å². The molecule has 2 N–H and O–H groups in total. The van der Waals surface area contributed by atoms with Crippen LogP contribution in [-0.2, 0) is 11.2 Å². The summed E-state index contributed by atoms with van der Waals surface area (Å²) in [5.74, 6) is 3.38. The Bertz CT molecular complexity index is 915. The van der Waals surface area contributed by atoms with Gasteiger partial charge in [0.15, 0.2) is 11.5 Å². The first kappa shape index (κ1) is 20.6. The number of hydrogen-bond donors (Lipinski definition) is 2. The minimum Gasteiger partial charge on any atom is -0.493 e. The zero-order valence-corrected chi connectivity index (χ0v) is 17.9. The fourth-order valence-corrected chi connectivity index (χ4v) is 4.13. The standard InChI is InChI=1S/C25H32N2O3/c1-28-13-6-14-30-24-16-18(11-12-23(24)29-2)15-22(19-8-5-9-19)27-25-17-20-7-3-4-10-21(20)26-25/h3-4,7,10-12,16-17,19,22,26-27H,5-6,8-9,13-15H2,1-2H3. The van der Waals surface area contributed by atoms with Crippen molar-refractivity contribution < 1.29 is 14.2 Å². The second-order valence-corrected chi connectivity index (χ2v) is 8.10. The second-order valence-electron chi connectivity index (χ2n) is 8.10. The van der Waals surface area contributed by atoms with Gasteiger partial charge in [-0.2, -0.15) is 0 Å². The van der Waals surface area contributed by atoms with Crippen LogP contribution in [0.1, 0.15) is 31.2 Å². The van der Waals surface area contributed by atoms with Gasteiger partial charge in [0.05, 0.1) is 13.7 Å². The Morgan fingerprint density at radius 1 is 1.03 bits per heavy atom. The lowest BCUT2D eigenvalue weighted by Crippen LogP contribution is -2.35. The SMILES string of the molecule is COCCCOc1cc(CC(Nc2cc3ccccc3[nH]2)C2CCC2)ccc1OC. The molecule has 1 aliphatic rings. The molecule has 1 saturated carbocycles. The molecule has 5 nitrogen and oxygen atoms in total. The summed E-state index contributed by atoms with van der Waals surface area (Å²) in [6.07, 6.45) is 5.71. The Morgan fingerprint density at radius 3 is 2.63 bits per heavy atom. The smallest absolute Gasteiger partial charge is 0.161 e. The van der Waals surface area contributed by atoms with E-state index in [2.05, 4.69) is 52.8 Å². The largest absolute Gasteiger partial charge is 0.493 e. The summed E-state index contributed by atoms with van der Waals surface area (Å²) in [5, 5.41) is 5.02. The monoisotopic (exact) mass is 408 g/mol. The van der Waals surface area contributed by atoms with Crippen molar-refractivity contribution in [3.8, 4) is 11.5 Å². The van der Waals surface area contributed by atoms with Crippen molar-refractivity contribution in [1.29, 1.82) is 0 Å². The van der Waals surface area contributed by atoms with E-state index in [0.29, 0.717) is 25.2 Å². The fraction of sp³-hybridized carbons (Fsp3) is 0.440. The maximum atomic E-state index is 5.98. The Morgan fingerprint density at radius 2 is 1.90 bits per heavy atom. The van der Waals surface area contributed by atoms with Crippen molar-refractivity contribution >= 4 is 16.7 Å². The van der Waals surface area contributed by atoms with E-state index in [4.69, 9.17) is 14.2 Å². The van der Waals surface area contributed by atoms with Gasteiger partial charge in [-0.15, -0.1) is 0 Å². The molecule has 4 rings (SSSR count). The summed E-state index contributed by atoms with van der Waals surface area (Å²) >= 11 is 0. The maximum Gasteiger partial charge on any atom is 0.161 e. The lowest BCUT2D eigenvalue weighted by Gasteiger charge is -2.35. The zero-order valence-electron chi connectivity index (χ0n) is 17.9. The van der Waals surface area contributed by atoms with Gasteiger partial charge in [-0.3, -0.25) is 0 Å². The van der Waals surface area contributed by atoms with Gasteiger partial charge in [0.1, 0.15) is 5.82 Å². The Labute approximate surface area is 178 Å². The molecule has 5 heteroatoms. The lowest BCUT2D eigenvalue weighted by molar-refractivity contribution is 0.170. The highest BCUT2D eigenvalue weighted by molar-refractivity contribution is 5.83. The molecule has 1 atom stereocenters. The average Bonchev–Trinajstić information content (AvgIpc) is 3.12. The molecule has 0 radical (unpaired) electrons. The summed E-state index contributed by atoms with van der Waals surface area (Å²) in [4.78, 5) is 3.52. The normalized spacial score (nSPS) is 15.0. The number of H-pyrrole nitrogens is 1. The van der Waals surface area contributed by atoms with Crippen molar-refractivity contribution in [2.24, 2.45) is 5.92 Å². The summed E-state index contributed by atoms with van der Waals surface area (Å²) in [7, 11) is 3.40. The van der Waals surface area contributed by atoms with Gasteiger partial charge in [-0.05, 0) is 55.0 Å². The first-order chi connectivity index (χ1) is 14.8. The minimum absolute atomic E-state index is 0.390. The second kappa shape index (κ2) is 9.90. The molecule has 1 aromatic heterocycles. The van der Waals surface area contributed by atoms with Crippen molar-refractivity contribution in [2.75, 3.05) is 32.8 Å². The molecule has 160 valence electrons. The fourth-order valence-electron chi connectivity index (χ4n) is 4.13. The first-order valence-corrected chi connectivity index (χ1v) is 10.9. The first-order valence-electron chi connectivity index (χ1n) is 10.9. The van der Waals surface area contributed by atoms with E-state index in [1.807, 2.05) is 6.07 Å². The zero-order chi connectivity index (χ0) is 20.8. The lowest BCUT2D eigenvalue weighted by atomic mass is 9.77. The van der Waals surface area contributed by atoms with Crippen molar-refractivity contribution in [3.05, 3.63) is 54.1 Å². The van der Waals surface area contributed by atoms with Gasteiger partial charge in [-0.1, -0.05) is 30.7 Å². The van der Waals surface area contributed by atoms with Crippen LogP contribution in [0, 0.1) is 5.92 Å². The summed E-state index contributed by atoms with van der Waals surface area (Å²) in [6, 6.07) is 17.3. The van der Waals surface area contributed by atoms with Gasteiger partial charge in [0, 0.05) is 37.1 Å². The van der Waals surface area contributed by atoms with E-state index < -0.39 is 0 Å². The van der Waals surface area contributed by atoms with Gasteiger partial charge in [0.25, 0.3) is 0 Å². The molecule has 1 fully saturated rings. The highest BCUT2D eigenvalue weighted by Gasteiger charge is 2.28. The van der Waals surface area contributed by atoms with Crippen LogP contribution in [0.15, 0.2) is 48.5 Å². The molecular weight excluding hydrogens is 376 g/mol. The highest BCUT2D eigenvalue weighted by Crippen LogP contribution is 2.35. The molecule has 1 aliphatic carbocycles. The van der Waals surface area contributed by atoms with E-state index in [1.54, 1.807) is 14.2 Å². The van der Waals surface area contributed by atoms with Crippen LogP contribution >= 0.6 is 0 Å². The Kier molecular flexibility index (Phi) is 6.80. The van der Waals surface area contributed by atoms with Crippen LogP contribution in [0.3, 0.4) is 0 Å². The number of rotatable bonds is 11. The van der Waals surface area contributed by atoms with Crippen LogP contribution in [0.2, 0.25) is 0 Å². The summed E-state index contributed by atoms with van der Waals surface area (Å²) in [5.41, 5.74) is 2.43. The third kappa shape index (κ3) is 4.90. The Hall–Kier alpha value is -2.66. The number of hydrogen-bond acceptors (Lipinski definition) is 4. The van der Waals surface area contributed by atoms with Crippen molar-refractivity contribution in [3.63, 3.8) is 0 Å². The number of para-hydroxylation sites is 1. The molecular formula is C25H32N2O3. The maximum absolute atomic E-state index is 5.98. The third-order valence-corrected chi connectivity index (χ3v) is 6.02. The molecule has 30 heavy (non-hydrogen) atoms. The number of anilines is 1. The van der Waals surface area contributed by atoms with Crippen LogP contribution in [0.25, 0.3) is 10.9 Å². The van der Waals surface area contributed by atoms with Crippen LogP contribution in [0.4, 0.5) is 5.82 Å². The highest BCUT2D eigenvalue weighted by atomic mass is 16.5. The minimum atomic E-state index is 0.390. The van der Waals surface area contributed by atoms with Crippen LogP contribution in [-0.4, -0.2) is 38.5 Å². The number of fused-ring (bicyclic) bond motifs is 1. The van der Waals surface area contributed by atoms with Gasteiger partial charge < -0.3 is 24.5 Å². The summed E-state index contributed by atoms with van der Waals surface area (Å²) < 4.78 is 16.6. The molecule has 0 bridgehead atoms. The number of nitrogens with one attached hydrogen (secondary N) is 2. The predicted molar refractivity (Wildman–Crippen MR) is 122 cm³/mol. The van der Waals surface area contributed by atoms with Crippen molar-refractivity contribution in [2.45, 2.75) is 38.1 Å². The van der Waals surface area contributed by atoms with Gasteiger partial charge in [0.2, 0.25) is 0 Å². The Balaban J connectivity index is 1.48. The molecule has 3 aromatic rings. The number of aromatic nitrogens is 1. The number of benzene rings is 2. The molecule has 1 unspecified atom stereocenters. The average molecular weight is 409 g/mol.